The van der Waals surface area contributed by atoms with Crippen molar-refractivity contribution in [1.82, 2.24) is 4.90 Å². The molecule has 102 valence electrons. The van der Waals surface area contributed by atoms with Crippen LogP contribution in [-0.2, 0) is 0 Å². The molecule has 1 aliphatic carbocycles. The topological polar surface area (TPSA) is 29.3 Å². The fourth-order valence-electron chi connectivity index (χ4n) is 3.27. The van der Waals surface area contributed by atoms with Gasteiger partial charge in [-0.2, -0.15) is 0 Å². The van der Waals surface area contributed by atoms with Crippen molar-refractivity contribution in [2.24, 2.45) is 23.0 Å². The Hall–Kier alpha value is -0.0800. The van der Waals surface area contributed by atoms with Crippen LogP contribution in [0.2, 0.25) is 0 Å². The van der Waals surface area contributed by atoms with Gasteiger partial charge in [0, 0.05) is 12.6 Å². The predicted molar refractivity (Wildman–Crippen MR) is 76.0 cm³/mol. The molecule has 0 aromatic carbocycles. The summed E-state index contributed by atoms with van der Waals surface area (Å²) in [5.41, 5.74) is 6.61. The van der Waals surface area contributed by atoms with E-state index >= 15 is 0 Å². The first-order chi connectivity index (χ1) is 7.93. The molecule has 2 nitrogen and oxygen atoms in total. The molecule has 0 aromatic rings. The lowest BCUT2D eigenvalue weighted by atomic mass is 9.61. The standard InChI is InChI=1S/C15H32N2/c1-6-10-17(7-2)11-13-8-9-14(16)12(3)15(13,4)5/h12-14H,6-11,16H2,1-5H3. The molecular weight excluding hydrogens is 208 g/mol. The van der Waals surface area contributed by atoms with E-state index in [1.165, 1.54) is 38.9 Å². The molecule has 0 heterocycles. The summed E-state index contributed by atoms with van der Waals surface area (Å²) in [6, 6.07) is 0.405. The molecule has 2 N–H and O–H groups in total. The van der Waals surface area contributed by atoms with Gasteiger partial charge in [-0.25, -0.2) is 0 Å². The highest BCUT2D eigenvalue weighted by molar-refractivity contribution is 4.94. The van der Waals surface area contributed by atoms with Crippen molar-refractivity contribution in [3.8, 4) is 0 Å². The molecule has 17 heavy (non-hydrogen) atoms. The summed E-state index contributed by atoms with van der Waals surface area (Å²) in [4.78, 5) is 2.61. The van der Waals surface area contributed by atoms with Crippen LogP contribution in [0.5, 0.6) is 0 Å². The third kappa shape index (κ3) is 3.45. The van der Waals surface area contributed by atoms with E-state index in [2.05, 4.69) is 39.5 Å². The van der Waals surface area contributed by atoms with Crippen LogP contribution in [-0.4, -0.2) is 30.6 Å². The lowest BCUT2D eigenvalue weighted by molar-refractivity contribution is 0.0297. The lowest BCUT2D eigenvalue weighted by Crippen LogP contribution is -2.50. The van der Waals surface area contributed by atoms with Gasteiger partial charge in [-0.3, -0.25) is 0 Å². The predicted octanol–water partition coefficient (Wildman–Crippen LogP) is 3.12. The van der Waals surface area contributed by atoms with Crippen molar-refractivity contribution in [1.29, 1.82) is 0 Å². The van der Waals surface area contributed by atoms with Gasteiger partial charge in [-0.05, 0) is 49.6 Å². The van der Waals surface area contributed by atoms with E-state index in [0.717, 1.165) is 5.92 Å². The molecule has 1 fully saturated rings. The maximum atomic E-state index is 6.22. The van der Waals surface area contributed by atoms with Crippen molar-refractivity contribution < 1.29 is 0 Å². The van der Waals surface area contributed by atoms with Gasteiger partial charge in [0.05, 0.1) is 0 Å². The van der Waals surface area contributed by atoms with E-state index in [-0.39, 0.29) is 0 Å². The van der Waals surface area contributed by atoms with Crippen molar-refractivity contribution >= 4 is 0 Å². The highest BCUT2D eigenvalue weighted by Crippen LogP contribution is 2.44. The van der Waals surface area contributed by atoms with Crippen LogP contribution in [0.15, 0.2) is 0 Å². The van der Waals surface area contributed by atoms with Gasteiger partial charge in [-0.1, -0.05) is 34.6 Å². The second-order valence-electron chi connectivity index (χ2n) is 6.44. The third-order valence-corrected chi connectivity index (χ3v) is 5.18. The van der Waals surface area contributed by atoms with Crippen LogP contribution < -0.4 is 5.73 Å². The average molecular weight is 240 g/mol. The van der Waals surface area contributed by atoms with E-state index in [9.17, 15) is 0 Å². The Kier molecular flexibility index (Phi) is 5.46. The zero-order chi connectivity index (χ0) is 13.1. The minimum absolute atomic E-state index is 0.388. The number of nitrogens with two attached hydrogens (primary N) is 1. The third-order valence-electron chi connectivity index (χ3n) is 5.18. The van der Waals surface area contributed by atoms with Crippen molar-refractivity contribution in [3.05, 3.63) is 0 Å². The Balaban J connectivity index is 2.63. The highest BCUT2D eigenvalue weighted by atomic mass is 15.1. The summed E-state index contributed by atoms with van der Waals surface area (Å²) in [5, 5.41) is 0. The van der Waals surface area contributed by atoms with Gasteiger partial charge >= 0.3 is 0 Å². The van der Waals surface area contributed by atoms with Crippen LogP contribution in [0.3, 0.4) is 0 Å². The maximum Gasteiger partial charge on any atom is 0.00698 e. The molecule has 0 spiro atoms. The van der Waals surface area contributed by atoms with Gasteiger partial charge < -0.3 is 10.6 Å². The Morgan fingerprint density at radius 1 is 1.24 bits per heavy atom. The molecule has 3 unspecified atom stereocenters. The molecule has 0 bridgehead atoms. The summed E-state index contributed by atoms with van der Waals surface area (Å²) in [6.45, 7) is 15.4. The van der Waals surface area contributed by atoms with Crippen molar-refractivity contribution in [2.45, 2.75) is 59.9 Å². The second-order valence-corrected chi connectivity index (χ2v) is 6.44. The molecular formula is C15H32N2. The van der Waals surface area contributed by atoms with E-state index in [0.29, 0.717) is 17.4 Å². The number of nitrogens with zero attached hydrogens (tertiary/aromatic N) is 1. The van der Waals surface area contributed by atoms with Gasteiger partial charge in [0.1, 0.15) is 0 Å². The van der Waals surface area contributed by atoms with Crippen LogP contribution in [0, 0.1) is 17.3 Å². The summed E-state index contributed by atoms with van der Waals surface area (Å²) in [7, 11) is 0. The Morgan fingerprint density at radius 3 is 2.41 bits per heavy atom. The van der Waals surface area contributed by atoms with Gasteiger partial charge in [0.15, 0.2) is 0 Å². The monoisotopic (exact) mass is 240 g/mol. The molecule has 0 aliphatic heterocycles. The van der Waals surface area contributed by atoms with E-state index in [4.69, 9.17) is 5.73 Å². The first kappa shape index (κ1) is 15.0. The molecule has 0 radical (unpaired) electrons. The molecule has 2 heteroatoms. The summed E-state index contributed by atoms with van der Waals surface area (Å²) in [6.07, 6.45) is 3.77. The zero-order valence-electron chi connectivity index (χ0n) is 12.5. The molecule has 1 saturated carbocycles. The average Bonchev–Trinajstić information content (AvgIpc) is 2.29. The first-order valence-corrected chi connectivity index (χ1v) is 7.41. The van der Waals surface area contributed by atoms with Crippen LogP contribution in [0.4, 0.5) is 0 Å². The second kappa shape index (κ2) is 6.19. The fraction of sp³-hybridized carbons (Fsp3) is 1.00. The Morgan fingerprint density at radius 2 is 1.88 bits per heavy atom. The van der Waals surface area contributed by atoms with Crippen LogP contribution in [0.1, 0.15) is 53.9 Å². The molecule has 0 saturated heterocycles. The maximum absolute atomic E-state index is 6.22. The Labute approximate surface area is 108 Å². The fourth-order valence-corrected chi connectivity index (χ4v) is 3.27. The minimum Gasteiger partial charge on any atom is -0.327 e. The smallest absolute Gasteiger partial charge is 0.00698 e. The molecule has 1 aliphatic rings. The normalized spacial score (nSPS) is 33.0. The van der Waals surface area contributed by atoms with Gasteiger partial charge in [0.25, 0.3) is 0 Å². The highest BCUT2D eigenvalue weighted by Gasteiger charge is 2.41. The lowest BCUT2D eigenvalue weighted by Gasteiger charge is -2.48. The van der Waals surface area contributed by atoms with Crippen LogP contribution in [0.25, 0.3) is 0 Å². The molecule has 0 aromatic heterocycles. The van der Waals surface area contributed by atoms with Gasteiger partial charge in [0.2, 0.25) is 0 Å². The van der Waals surface area contributed by atoms with Crippen molar-refractivity contribution in [3.63, 3.8) is 0 Å². The number of hydrogen-bond acceptors (Lipinski definition) is 2. The van der Waals surface area contributed by atoms with E-state index < -0.39 is 0 Å². The molecule has 3 atom stereocenters. The summed E-state index contributed by atoms with van der Waals surface area (Å²) in [5.74, 6) is 1.45. The van der Waals surface area contributed by atoms with E-state index in [1.807, 2.05) is 0 Å². The van der Waals surface area contributed by atoms with Gasteiger partial charge in [-0.15, -0.1) is 0 Å². The summed E-state index contributed by atoms with van der Waals surface area (Å²) >= 11 is 0. The SMILES string of the molecule is CCCN(CC)CC1CCC(N)C(C)C1(C)C. The van der Waals surface area contributed by atoms with E-state index in [1.54, 1.807) is 0 Å². The first-order valence-electron chi connectivity index (χ1n) is 7.41. The minimum atomic E-state index is 0.388. The Bertz CT molecular complexity index is 225. The molecule has 0 amide bonds. The quantitative estimate of drug-likeness (QED) is 0.800. The van der Waals surface area contributed by atoms with Crippen LogP contribution >= 0.6 is 0 Å². The zero-order valence-corrected chi connectivity index (χ0v) is 12.5. The largest absolute Gasteiger partial charge is 0.327 e. The number of rotatable bonds is 5. The number of hydrogen-bond donors (Lipinski definition) is 1. The van der Waals surface area contributed by atoms with Crippen molar-refractivity contribution in [2.75, 3.05) is 19.6 Å². The molecule has 1 rings (SSSR count). The summed E-state index contributed by atoms with van der Waals surface area (Å²) < 4.78 is 0.